The van der Waals surface area contributed by atoms with Gasteiger partial charge in [-0.1, -0.05) is 6.42 Å². The van der Waals surface area contributed by atoms with Gasteiger partial charge in [0.2, 0.25) is 0 Å². The molecular formula is C14H20N2O4S. The Balaban J connectivity index is 1.67. The molecular weight excluding hydrogens is 292 g/mol. The minimum Gasteiger partial charge on any atom is -0.481 e. The van der Waals surface area contributed by atoms with Gasteiger partial charge in [-0.2, -0.15) is 0 Å². The molecule has 1 amide bonds. The number of hydrogen-bond acceptors (Lipinski definition) is 5. The molecule has 7 heteroatoms. The number of aliphatic carboxylic acids is 1. The molecule has 6 nitrogen and oxygen atoms in total. The monoisotopic (exact) mass is 312 g/mol. The van der Waals surface area contributed by atoms with Crippen molar-refractivity contribution in [1.29, 1.82) is 0 Å². The van der Waals surface area contributed by atoms with E-state index in [2.05, 4.69) is 10.3 Å². The molecule has 0 radical (unpaired) electrons. The second-order valence-corrected chi connectivity index (χ2v) is 5.92. The highest BCUT2D eigenvalue weighted by Gasteiger charge is 2.22. The first-order valence-corrected chi connectivity index (χ1v) is 8.12. The summed E-state index contributed by atoms with van der Waals surface area (Å²) in [7, 11) is 0. The second-order valence-electron chi connectivity index (χ2n) is 5.03. The van der Waals surface area contributed by atoms with Gasteiger partial charge in [-0.25, -0.2) is 4.98 Å². The van der Waals surface area contributed by atoms with Crippen molar-refractivity contribution in [3.63, 3.8) is 0 Å². The molecule has 2 rings (SSSR count). The van der Waals surface area contributed by atoms with E-state index in [4.69, 9.17) is 9.84 Å². The summed E-state index contributed by atoms with van der Waals surface area (Å²) in [6.07, 6.45) is 4.47. The maximum Gasteiger partial charge on any atom is 0.303 e. The Hall–Kier alpha value is -1.47. The lowest BCUT2D eigenvalue weighted by atomic mass is 10.2. The highest BCUT2D eigenvalue weighted by Crippen LogP contribution is 2.30. The zero-order chi connectivity index (χ0) is 15.1. The van der Waals surface area contributed by atoms with Crippen LogP contribution in [0.15, 0.2) is 5.38 Å². The van der Waals surface area contributed by atoms with Crippen LogP contribution in [0.25, 0.3) is 0 Å². The molecule has 1 fully saturated rings. The summed E-state index contributed by atoms with van der Waals surface area (Å²) in [6, 6.07) is 0. The number of nitrogens with one attached hydrogen (secondary N) is 1. The Morgan fingerprint density at radius 1 is 1.43 bits per heavy atom. The number of ether oxygens (including phenoxy) is 1. The van der Waals surface area contributed by atoms with E-state index in [0.717, 1.165) is 37.3 Å². The maximum atomic E-state index is 11.9. The minimum absolute atomic E-state index is 0.0487. The van der Waals surface area contributed by atoms with Gasteiger partial charge in [0.1, 0.15) is 16.8 Å². The third-order valence-electron chi connectivity index (χ3n) is 3.31. The van der Waals surface area contributed by atoms with E-state index in [0.29, 0.717) is 18.7 Å². The number of unbranched alkanes of at least 4 members (excludes halogenated alkanes) is 2. The molecule has 0 spiro atoms. The van der Waals surface area contributed by atoms with Crippen LogP contribution in [0, 0.1) is 0 Å². The molecule has 1 aromatic heterocycles. The largest absolute Gasteiger partial charge is 0.481 e. The molecule has 0 bridgehead atoms. The van der Waals surface area contributed by atoms with Gasteiger partial charge in [0.15, 0.2) is 0 Å². The summed E-state index contributed by atoms with van der Waals surface area (Å²) >= 11 is 1.46. The smallest absolute Gasteiger partial charge is 0.303 e. The predicted molar refractivity (Wildman–Crippen MR) is 78.5 cm³/mol. The molecule has 1 unspecified atom stereocenters. The van der Waals surface area contributed by atoms with E-state index in [1.165, 1.54) is 11.3 Å². The topological polar surface area (TPSA) is 88.5 Å². The molecule has 21 heavy (non-hydrogen) atoms. The van der Waals surface area contributed by atoms with Crippen LogP contribution >= 0.6 is 11.3 Å². The molecule has 1 aromatic rings. The van der Waals surface area contributed by atoms with Crippen molar-refractivity contribution in [3.8, 4) is 0 Å². The number of rotatable bonds is 8. The van der Waals surface area contributed by atoms with Gasteiger partial charge in [0, 0.05) is 25.0 Å². The highest BCUT2D eigenvalue weighted by molar-refractivity contribution is 7.09. The van der Waals surface area contributed by atoms with Gasteiger partial charge in [0.25, 0.3) is 5.91 Å². The van der Waals surface area contributed by atoms with Crippen LogP contribution in [-0.4, -0.2) is 35.1 Å². The van der Waals surface area contributed by atoms with Gasteiger partial charge in [-0.15, -0.1) is 11.3 Å². The number of hydrogen-bond donors (Lipinski definition) is 2. The van der Waals surface area contributed by atoms with Gasteiger partial charge < -0.3 is 15.2 Å². The van der Waals surface area contributed by atoms with Crippen LogP contribution in [0.2, 0.25) is 0 Å². The fourth-order valence-electron chi connectivity index (χ4n) is 2.18. The lowest BCUT2D eigenvalue weighted by Crippen LogP contribution is -2.24. The zero-order valence-corrected chi connectivity index (χ0v) is 12.7. The standard InChI is InChI=1S/C14H20N2O4S/c17-12(18)6-2-1-3-7-15-13(19)10-9-21-14(16-10)11-5-4-8-20-11/h9,11H,1-8H2,(H,15,19)(H,17,18). The summed E-state index contributed by atoms with van der Waals surface area (Å²) in [6.45, 7) is 1.31. The third-order valence-corrected chi connectivity index (χ3v) is 4.25. The lowest BCUT2D eigenvalue weighted by molar-refractivity contribution is -0.137. The van der Waals surface area contributed by atoms with Crippen molar-refractivity contribution in [2.24, 2.45) is 0 Å². The average Bonchev–Trinajstić information content (AvgIpc) is 3.11. The molecule has 0 aliphatic carbocycles. The molecule has 2 N–H and O–H groups in total. The molecule has 1 aliphatic heterocycles. The molecule has 2 heterocycles. The molecule has 1 aliphatic rings. The van der Waals surface area contributed by atoms with E-state index >= 15 is 0 Å². The Morgan fingerprint density at radius 2 is 2.29 bits per heavy atom. The number of carbonyl (C=O) groups is 2. The molecule has 0 saturated carbocycles. The quantitative estimate of drug-likeness (QED) is 0.719. The summed E-state index contributed by atoms with van der Waals surface area (Å²) in [4.78, 5) is 26.6. The zero-order valence-electron chi connectivity index (χ0n) is 11.8. The number of nitrogens with zero attached hydrogens (tertiary/aromatic N) is 1. The lowest BCUT2D eigenvalue weighted by Gasteiger charge is -2.04. The molecule has 1 saturated heterocycles. The van der Waals surface area contributed by atoms with E-state index in [-0.39, 0.29) is 18.4 Å². The fourth-order valence-corrected chi connectivity index (χ4v) is 3.06. The third kappa shape index (κ3) is 5.09. The van der Waals surface area contributed by atoms with Crippen LogP contribution in [0.1, 0.15) is 60.1 Å². The Bertz CT molecular complexity index is 483. The number of aromatic nitrogens is 1. The second kappa shape index (κ2) is 8.09. The fraction of sp³-hybridized carbons (Fsp3) is 0.643. The summed E-state index contributed by atoms with van der Waals surface area (Å²) in [5.41, 5.74) is 0.441. The van der Waals surface area contributed by atoms with Crippen LogP contribution in [0.4, 0.5) is 0 Å². The Kier molecular flexibility index (Phi) is 6.13. The van der Waals surface area contributed by atoms with Crippen molar-refractivity contribution >= 4 is 23.2 Å². The first-order valence-electron chi connectivity index (χ1n) is 7.24. The normalized spacial score (nSPS) is 17.8. The van der Waals surface area contributed by atoms with Gasteiger partial charge in [-0.3, -0.25) is 9.59 Å². The van der Waals surface area contributed by atoms with E-state index in [1.54, 1.807) is 5.38 Å². The van der Waals surface area contributed by atoms with Crippen molar-refractivity contribution < 1.29 is 19.4 Å². The maximum absolute atomic E-state index is 11.9. The number of thiazole rings is 1. The Morgan fingerprint density at radius 3 is 3.00 bits per heavy atom. The first-order chi connectivity index (χ1) is 10.2. The van der Waals surface area contributed by atoms with Crippen molar-refractivity contribution in [1.82, 2.24) is 10.3 Å². The van der Waals surface area contributed by atoms with Gasteiger partial charge in [-0.05, 0) is 25.7 Å². The van der Waals surface area contributed by atoms with Gasteiger partial charge in [0.05, 0.1) is 0 Å². The summed E-state index contributed by atoms with van der Waals surface area (Å²) < 4.78 is 5.55. The average molecular weight is 312 g/mol. The summed E-state index contributed by atoms with van der Waals surface area (Å²) in [5, 5.41) is 14.0. The molecule has 0 aromatic carbocycles. The van der Waals surface area contributed by atoms with Crippen LogP contribution in [-0.2, 0) is 9.53 Å². The van der Waals surface area contributed by atoms with Crippen LogP contribution in [0.5, 0.6) is 0 Å². The van der Waals surface area contributed by atoms with Crippen LogP contribution in [0.3, 0.4) is 0 Å². The minimum atomic E-state index is -0.775. The van der Waals surface area contributed by atoms with Crippen LogP contribution < -0.4 is 5.32 Å². The number of carboxylic acids is 1. The predicted octanol–water partition coefficient (Wildman–Crippen LogP) is 2.37. The number of amides is 1. The Labute approximate surface area is 127 Å². The first kappa shape index (κ1) is 15.9. The van der Waals surface area contributed by atoms with E-state index in [1.807, 2.05) is 0 Å². The number of carbonyl (C=O) groups excluding carboxylic acids is 1. The van der Waals surface area contributed by atoms with Crippen molar-refractivity contribution in [2.45, 2.75) is 44.6 Å². The molecule has 1 atom stereocenters. The van der Waals surface area contributed by atoms with E-state index in [9.17, 15) is 9.59 Å². The molecule has 116 valence electrons. The van der Waals surface area contributed by atoms with Crippen molar-refractivity contribution in [2.75, 3.05) is 13.2 Å². The highest BCUT2D eigenvalue weighted by atomic mass is 32.1. The number of carboxylic acid groups (broad SMARTS) is 1. The van der Waals surface area contributed by atoms with E-state index < -0.39 is 5.97 Å². The SMILES string of the molecule is O=C(O)CCCCCNC(=O)c1csc(C2CCCO2)n1. The summed E-state index contributed by atoms with van der Waals surface area (Å²) in [5.74, 6) is -0.947. The van der Waals surface area contributed by atoms with Gasteiger partial charge >= 0.3 is 5.97 Å². The van der Waals surface area contributed by atoms with Crippen molar-refractivity contribution in [3.05, 3.63) is 16.1 Å².